The molecule has 0 aliphatic carbocycles. The molecule has 160 valence electrons. The van der Waals surface area contributed by atoms with Crippen molar-refractivity contribution in [1.29, 1.82) is 0 Å². The van der Waals surface area contributed by atoms with Crippen LogP contribution in [0.25, 0.3) is 11.1 Å². The highest BCUT2D eigenvalue weighted by Crippen LogP contribution is 2.32. The van der Waals surface area contributed by atoms with E-state index in [1.54, 1.807) is 11.0 Å². The molecular weight excluding hydrogens is 388 g/mol. The topological polar surface area (TPSA) is 74.9 Å². The zero-order valence-corrected chi connectivity index (χ0v) is 18.3. The first-order chi connectivity index (χ1) is 15.0. The number of hydrogen-bond donors (Lipinski definition) is 1. The lowest BCUT2D eigenvalue weighted by molar-refractivity contribution is -0.122. The minimum absolute atomic E-state index is 0.0477. The lowest BCUT2D eigenvalue weighted by Gasteiger charge is -2.29. The molecule has 1 atom stereocenters. The number of rotatable bonds is 2. The molecule has 5 heterocycles. The Labute approximate surface area is 182 Å². The predicted octanol–water partition coefficient (Wildman–Crippen LogP) is 3.41. The van der Waals surface area contributed by atoms with E-state index < -0.39 is 0 Å². The van der Waals surface area contributed by atoms with Crippen molar-refractivity contribution < 1.29 is 4.79 Å². The van der Waals surface area contributed by atoms with E-state index in [2.05, 4.69) is 23.3 Å². The summed E-state index contributed by atoms with van der Waals surface area (Å²) in [6.07, 6.45) is 12.5. The van der Waals surface area contributed by atoms with Crippen LogP contribution < -0.4 is 5.32 Å². The van der Waals surface area contributed by atoms with Crippen LogP contribution in [0.15, 0.2) is 47.0 Å². The van der Waals surface area contributed by atoms with Crippen molar-refractivity contribution >= 4 is 23.2 Å². The van der Waals surface area contributed by atoms with Crippen LogP contribution in [0, 0.1) is 25.7 Å². The van der Waals surface area contributed by atoms with Gasteiger partial charge in [0.15, 0.2) is 0 Å². The van der Waals surface area contributed by atoms with Crippen molar-refractivity contribution in [3.8, 4) is 0 Å². The lowest BCUT2D eigenvalue weighted by atomic mass is 9.91. The summed E-state index contributed by atoms with van der Waals surface area (Å²) in [5.74, 6) is 0.520. The second-order valence-corrected chi connectivity index (χ2v) is 8.74. The maximum absolute atomic E-state index is 13.3. The van der Waals surface area contributed by atoms with E-state index in [1.165, 1.54) is 0 Å². The van der Waals surface area contributed by atoms with Gasteiger partial charge in [-0.3, -0.25) is 19.7 Å². The van der Waals surface area contributed by atoms with Crippen molar-refractivity contribution in [2.24, 2.45) is 16.8 Å². The van der Waals surface area contributed by atoms with E-state index in [9.17, 15) is 4.79 Å². The summed E-state index contributed by atoms with van der Waals surface area (Å²) in [5.41, 5.74) is 6.48. The molecule has 2 aromatic rings. The average molecular weight is 417 g/mol. The lowest BCUT2D eigenvalue weighted by Crippen LogP contribution is -2.32. The van der Waals surface area contributed by atoms with Gasteiger partial charge in [0.2, 0.25) is 0 Å². The Balaban J connectivity index is 1.51. The Morgan fingerprint density at radius 3 is 2.81 bits per heavy atom. The summed E-state index contributed by atoms with van der Waals surface area (Å²) in [4.78, 5) is 24.3. The number of allylic oxidation sites excluding steroid dienone is 4. The molecule has 1 unspecified atom stereocenters. The molecule has 5 rings (SSSR count). The first-order valence-electron chi connectivity index (χ1n) is 11.0. The molecule has 3 aliphatic rings. The predicted molar refractivity (Wildman–Crippen MR) is 121 cm³/mol. The molecule has 1 saturated heterocycles. The van der Waals surface area contributed by atoms with Gasteiger partial charge >= 0.3 is 0 Å². The monoisotopic (exact) mass is 416 g/mol. The van der Waals surface area contributed by atoms with E-state index >= 15 is 0 Å². The molecule has 1 amide bonds. The number of carbonyl (C=O) groups is 1. The third-order valence-electron chi connectivity index (χ3n) is 6.43. The van der Waals surface area contributed by atoms with E-state index in [0.29, 0.717) is 5.92 Å². The quantitative estimate of drug-likeness (QED) is 0.814. The number of aliphatic imine (C=N–C) groups is 1. The van der Waals surface area contributed by atoms with Crippen LogP contribution in [0.5, 0.6) is 0 Å². The van der Waals surface area contributed by atoms with Crippen LogP contribution in [0.2, 0.25) is 0 Å². The van der Waals surface area contributed by atoms with Gasteiger partial charge in [-0.05, 0) is 63.8 Å². The summed E-state index contributed by atoms with van der Waals surface area (Å²) in [7, 11) is 0. The Bertz CT molecular complexity index is 1160. The van der Waals surface area contributed by atoms with Crippen molar-refractivity contribution in [3.05, 3.63) is 59.1 Å². The first kappa shape index (κ1) is 19.9. The summed E-state index contributed by atoms with van der Waals surface area (Å²) in [6, 6.07) is 2.04. The zero-order chi connectivity index (χ0) is 21.5. The van der Waals surface area contributed by atoms with Crippen LogP contribution >= 0.6 is 0 Å². The first-order valence-corrected chi connectivity index (χ1v) is 11.0. The number of amides is 1. The molecule has 1 N–H and O–H groups in total. The Morgan fingerprint density at radius 1 is 1.19 bits per heavy atom. The van der Waals surface area contributed by atoms with Gasteiger partial charge in [-0.2, -0.15) is 5.10 Å². The van der Waals surface area contributed by atoms with Gasteiger partial charge in [0.1, 0.15) is 0 Å². The van der Waals surface area contributed by atoms with E-state index in [4.69, 9.17) is 10.1 Å². The maximum Gasteiger partial charge on any atom is 0.255 e. The van der Waals surface area contributed by atoms with Gasteiger partial charge in [0.05, 0.1) is 46.4 Å². The fraction of sp³-hybridized carbons (Fsp3) is 0.417. The molecule has 0 aromatic carbocycles. The second-order valence-electron chi connectivity index (χ2n) is 8.74. The minimum Gasteiger partial charge on any atom is -0.317 e. The highest BCUT2D eigenvalue weighted by molar-refractivity contribution is 6.01. The molecular formula is C24H28N6O. The SMILES string of the molecule is Cc1cn2nc(C3=CC(=O)N4C=C(C5CCNCC5)N=CC4=CCC3C)cc2c(C)n1. The molecule has 0 spiro atoms. The fourth-order valence-electron chi connectivity index (χ4n) is 4.64. The fourth-order valence-corrected chi connectivity index (χ4v) is 4.64. The van der Waals surface area contributed by atoms with Crippen LogP contribution in [-0.2, 0) is 4.79 Å². The number of nitrogens with one attached hydrogen (secondary N) is 1. The number of carbonyl (C=O) groups excluding carboxylic acids is 1. The zero-order valence-electron chi connectivity index (χ0n) is 18.3. The van der Waals surface area contributed by atoms with Gasteiger partial charge in [-0.1, -0.05) is 13.0 Å². The van der Waals surface area contributed by atoms with Crippen LogP contribution in [0.4, 0.5) is 0 Å². The third-order valence-corrected chi connectivity index (χ3v) is 6.43. The van der Waals surface area contributed by atoms with Gasteiger partial charge in [-0.15, -0.1) is 0 Å². The van der Waals surface area contributed by atoms with Crippen LogP contribution in [0.1, 0.15) is 43.3 Å². The highest BCUT2D eigenvalue weighted by atomic mass is 16.2. The third kappa shape index (κ3) is 3.74. The summed E-state index contributed by atoms with van der Waals surface area (Å²) in [6.45, 7) is 8.09. The van der Waals surface area contributed by atoms with E-state index in [1.807, 2.05) is 43.0 Å². The minimum atomic E-state index is -0.0477. The molecule has 0 radical (unpaired) electrons. The molecule has 3 aliphatic heterocycles. The summed E-state index contributed by atoms with van der Waals surface area (Å²) >= 11 is 0. The summed E-state index contributed by atoms with van der Waals surface area (Å²) in [5, 5.41) is 8.17. The van der Waals surface area contributed by atoms with Gasteiger partial charge in [0.25, 0.3) is 5.91 Å². The largest absolute Gasteiger partial charge is 0.317 e. The van der Waals surface area contributed by atoms with Crippen LogP contribution in [0.3, 0.4) is 0 Å². The number of piperidine rings is 1. The second kappa shape index (κ2) is 7.89. The molecule has 7 nitrogen and oxygen atoms in total. The van der Waals surface area contributed by atoms with Gasteiger partial charge < -0.3 is 5.32 Å². The molecule has 0 bridgehead atoms. The van der Waals surface area contributed by atoms with Gasteiger partial charge in [-0.25, -0.2) is 4.52 Å². The average Bonchev–Trinajstić information content (AvgIpc) is 3.19. The number of aromatic nitrogens is 3. The molecule has 1 fully saturated rings. The Hall–Kier alpha value is -3.06. The van der Waals surface area contributed by atoms with Crippen LogP contribution in [-0.4, -0.2) is 44.7 Å². The summed E-state index contributed by atoms with van der Waals surface area (Å²) < 4.78 is 1.87. The molecule has 7 heteroatoms. The maximum atomic E-state index is 13.3. The highest BCUT2D eigenvalue weighted by Gasteiger charge is 2.27. The number of fused-ring (bicyclic) bond motifs is 2. The van der Waals surface area contributed by atoms with E-state index in [-0.39, 0.29) is 11.8 Å². The Kier molecular flexibility index (Phi) is 5.06. The van der Waals surface area contributed by atoms with Crippen molar-refractivity contribution in [2.45, 2.75) is 40.0 Å². The van der Waals surface area contributed by atoms with Gasteiger partial charge in [0, 0.05) is 18.2 Å². The normalized spacial score (nSPS) is 22.5. The van der Waals surface area contributed by atoms with Crippen molar-refractivity contribution in [1.82, 2.24) is 24.8 Å². The molecule has 31 heavy (non-hydrogen) atoms. The number of aryl methyl sites for hydroxylation is 2. The molecule has 0 saturated carbocycles. The Morgan fingerprint density at radius 2 is 2.00 bits per heavy atom. The number of nitrogens with zero attached hydrogens (tertiary/aromatic N) is 5. The van der Waals surface area contributed by atoms with Crippen molar-refractivity contribution in [3.63, 3.8) is 0 Å². The standard InChI is InChI=1S/C24H28N6O/c1-15-4-5-19-12-26-22(18-6-8-25-9-7-18)14-29(19)24(31)10-20(15)21-11-23-17(3)27-16(2)13-30(23)28-21/h5,10-15,18,25H,4,6-9H2,1-3H3. The number of hydrogen-bond acceptors (Lipinski definition) is 5. The molecule has 2 aromatic heterocycles. The van der Waals surface area contributed by atoms with E-state index in [0.717, 1.165) is 71.9 Å². The van der Waals surface area contributed by atoms with Crippen molar-refractivity contribution in [2.75, 3.05) is 13.1 Å². The smallest absolute Gasteiger partial charge is 0.255 e.